The van der Waals surface area contributed by atoms with Crippen LogP contribution in [-0.2, 0) is 0 Å². The summed E-state index contributed by atoms with van der Waals surface area (Å²) < 4.78 is 6.04. The third-order valence-electron chi connectivity index (χ3n) is 3.93. The van der Waals surface area contributed by atoms with Crippen LogP contribution in [0.2, 0.25) is 0 Å². The molecule has 0 aliphatic carbocycles. The molecule has 3 nitrogen and oxygen atoms in total. The first-order valence-electron chi connectivity index (χ1n) is 7.29. The molecule has 1 unspecified atom stereocenters. The molecule has 1 heterocycles. The molecular formula is C18H21NO2. The molecule has 1 atom stereocenters. The molecule has 0 spiro atoms. The van der Waals surface area contributed by atoms with Crippen LogP contribution in [0.4, 0.5) is 5.69 Å². The van der Waals surface area contributed by atoms with Gasteiger partial charge >= 0.3 is 0 Å². The maximum Gasteiger partial charge on any atom is 0.125 e. The van der Waals surface area contributed by atoms with E-state index in [0.717, 1.165) is 29.0 Å². The van der Waals surface area contributed by atoms with E-state index in [0.29, 0.717) is 5.75 Å². The highest BCUT2D eigenvalue weighted by molar-refractivity contribution is 5.54. The third-order valence-corrected chi connectivity index (χ3v) is 3.93. The quantitative estimate of drug-likeness (QED) is 0.857. The maximum atomic E-state index is 9.86. The van der Waals surface area contributed by atoms with Crippen LogP contribution in [0.3, 0.4) is 0 Å². The van der Waals surface area contributed by atoms with Gasteiger partial charge in [-0.05, 0) is 38.5 Å². The summed E-state index contributed by atoms with van der Waals surface area (Å²) in [6.07, 6.45) is 0.874. The SMILES string of the molecule is Cc1ccc(NC2CC(C)(C)Oc3ccccc32)cc1O. The summed E-state index contributed by atoms with van der Waals surface area (Å²) in [5, 5.41) is 13.4. The summed E-state index contributed by atoms with van der Waals surface area (Å²) in [6.45, 7) is 6.10. The van der Waals surface area contributed by atoms with Gasteiger partial charge < -0.3 is 15.2 Å². The minimum Gasteiger partial charge on any atom is -0.508 e. The molecule has 0 bridgehead atoms. The van der Waals surface area contributed by atoms with E-state index in [2.05, 4.69) is 25.2 Å². The Morgan fingerprint density at radius 1 is 1.19 bits per heavy atom. The van der Waals surface area contributed by atoms with Gasteiger partial charge in [-0.15, -0.1) is 0 Å². The van der Waals surface area contributed by atoms with E-state index in [9.17, 15) is 5.11 Å². The molecule has 3 rings (SSSR count). The van der Waals surface area contributed by atoms with Crippen molar-refractivity contribution >= 4 is 5.69 Å². The Labute approximate surface area is 125 Å². The highest BCUT2D eigenvalue weighted by Crippen LogP contribution is 2.41. The zero-order chi connectivity index (χ0) is 15.0. The lowest BCUT2D eigenvalue weighted by molar-refractivity contribution is 0.0759. The van der Waals surface area contributed by atoms with E-state index < -0.39 is 0 Å². The number of phenolic OH excluding ortho intramolecular Hbond substituents is 1. The van der Waals surface area contributed by atoms with Crippen molar-refractivity contribution in [3.05, 3.63) is 53.6 Å². The average molecular weight is 283 g/mol. The van der Waals surface area contributed by atoms with Gasteiger partial charge in [0.25, 0.3) is 0 Å². The molecule has 0 amide bonds. The van der Waals surface area contributed by atoms with Crippen LogP contribution in [0.1, 0.15) is 37.4 Å². The van der Waals surface area contributed by atoms with Gasteiger partial charge in [0.2, 0.25) is 0 Å². The summed E-state index contributed by atoms with van der Waals surface area (Å²) in [6, 6.07) is 14.0. The molecule has 1 aliphatic rings. The van der Waals surface area contributed by atoms with Crippen LogP contribution in [0.15, 0.2) is 42.5 Å². The normalized spacial score (nSPS) is 19.5. The lowest BCUT2D eigenvalue weighted by Gasteiger charge is -2.38. The van der Waals surface area contributed by atoms with Crippen LogP contribution >= 0.6 is 0 Å². The van der Waals surface area contributed by atoms with E-state index in [1.807, 2.05) is 37.3 Å². The highest BCUT2D eigenvalue weighted by atomic mass is 16.5. The minimum absolute atomic E-state index is 0.173. The first-order chi connectivity index (χ1) is 9.94. The maximum absolute atomic E-state index is 9.86. The molecule has 1 aliphatic heterocycles. The Morgan fingerprint density at radius 2 is 1.95 bits per heavy atom. The number of benzene rings is 2. The van der Waals surface area contributed by atoms with Crippen molar-refractivity contribution in [1.29, 1.82) is 0 Å². The topological polar surface area (TPSA) is 41.5 Å². The van der Waals surface area contributed by atoms with Gasteiger partial charge in [0.05, 0.1) is 6.04 Å². The van der Waals surface area contributed by atoms with Gasteiger partial charge in [-0.1, -0.05) is 24.3 Å². The fourth-order valence-corrected chi connectivity index (χ4v) is 2.83. The molecule has 110 valence electrons. The Kier molecular flexibility index (Phi) is 3.28. The Balaban J connectivity index is 1.92. The van der Waals surface area contributed by atoms with Gasteiger partial charge in [-0.2, -0.15) is 0 Å². The smallest absolute Gasteiger partial charge is 0.125 e. The van der Waals surface area contributed by atoms with Crippen molar-refractivity contribution in [3.63, 3.8) is 0 Å². The number of fused-ring (bicyclic) bond motifs is 1. The third kappa shape index (κ3) is 2.82. The van der Waals surface area contributed by atoms with Crippen molar-refractivity contribution in [3.8, 4) is 11.5 Å². The minimum atomic E-state index is -0.210. The van der Waals surface area contributed by atoms with Crippen LogP contribution in [-0.4, -0.2) is 10.7 Å². The second-order valence-electron chi connectivity index (χ2n) is 6.30. The second-order valence-corrected chi connectivity index (χ2v) is 6.30. The van der Waals surface area contributed by atoms with Crippen LogP contribution in [0.5, 0.6) is 11.5 Å². The summed E-state index contributed by atoms with van der Waals surface area (Å²) in [5.74, 6) is 1.25. The largest absolute Gasteiger partial charge is 0.508 e. The first-order valence-corrected chi connectivity index (χ1v) is 7.29. The molecule has 2 N–H and O–H groups in total. The molecule has 0 radical (unpaired) electrons. The van der Waals surface area contributed by atoms with E-state index in [4.69, 9.17) is 4.74 Å². The summed E-state index contributed by atoms with van der Waals surface area (Å²) >= 11 is 0. The predicted octanol–water partition coefficient (Wildman–Crippen LogP) is 4.41. The molecule has 3 heteroatoms. The van der Waals surface area contributed by atoms with Gasteiger partial charge in [-0.3, -0.25) is 0 Å². The Morgan fingerprint density at radius 3 is 2.71 bits per heavy atom. The number of phenols is 1. The van der Waals surface area contributed by atoms with E-state index in [1.54, 1.807) is 6.07 Å². The zero-order valence-electron chi connectivity index (χ0n) is 12.7. The number of rotatable bonds is 2. The molecule has 2 aromatic rings. The van der Waals surface area contributed by atoms with Gasteiger partial charge in [0.15, 0.2) is 0 Å². The molecule has 21 heavy (non-hydrogen) atoms. The lowest BCUT2D eigenvalue weighted by Crippen LogP contribution is -2.37. The number of para-hydroxylation sites is 1. The van der Waals surface area contributed by atoms with Gasteiger partial charge in [-0.25, -0.2) is 0 Å². The zero-order valence-corrected chi connectivity index (χ0v) is 12.7. The number of hydrogen-bond acceptors (Lipinski definition) is 3. The summed E-state index contributed by atoms with van der Waals surface area (Å²) in [7, 11) is 0. The van der Waals surface area contributed by atoms with Crippen LogP contribution in [0, 0.1) is 6.92 Å². The molecule has 0 aromatic heterocycles. The first kappa shape index (κ1) is 13.8. The van der Waals surface area contributed by atoms with Crippen molar-refractivity contribution in [2.24, 2.45) is 0 Å². The van der Waals surface area contributed by atoms with Crippen LogP contribution in [0.25, 0.3) is 0 Å². The van der Waals surface area contributed by atoms with E-state index >= 15 is 0 Å². The Bertz CT molecular complexity index is 664. The number of ether oxygens (including phenoxy) is 1. The molecule has 0 fully saturated rings. The van der Waals surface area contributed by atoms with E-state index in [1.165, 1.54) is 0 Å². The van der Waals surface area contributed by atoms with Crippen molar-refractivity contribution in [1.82, 2.24) is 0 Å². The summed E-state index contributed by atoms with van der Waals surface area (Å²) in [4.78, 5) is 0. The number of nitrogens with one attached hydrogen (secondary N) is 1. The number of anilines is 1. The number of aryl methyl sites for hydroxylation is 1. The van der Waals surface area contributed by atoms with Crippen molar-refractivity contribution in [2.45, 2.75) is 38.8 Å². The molecule has 0 saturated carbocycles. The van der Waals surface area contributed by atoms with Crippen molar-refractivity contribution < 1.29 is 9.84 Å². The second kappa shape index (κ2) is 4.99. The van der Waals surface area contributed by atoms with Gasteiger partial charge in [0, 0.05) is 23.7 Å². The standard InChI is InChI=1S/C18H21NO2/c1-12-8-9-13(10-16(12)20)19-15-11-18(2,3)21-17-7-5-4-6-14(15)17/h4-10,15,19-20H,11H2,1-3H3. The summed E-state index contributed by atoms with van der Waals surface area (Å²) in [5.41, 5.74) is 2.76. The fourth-order valence-electron chi connectivity index (χ4n) is 2.83. The number of aromatic hydroxyl groups is 1. The Hall–Kier alpha value is -2.16. The monoisotopic (exact) mass is 283 g/mol. The average Bonchev–Trinajstić information content (AvgIpc) is 2.42. The van der Waals surface area contributed by atoms with E-state index in [-0.39, 0.29) is 11.6 Å². The van der Waals surface area contributed by atoms with Gasteiger partial charge in [0.1, 0.15) is 17.1 Å². The number of hydrogen-bond donors (Lipinski definition) is 2. The molecule has 2 aromatic carbocycles. The molecular weight excluding hydrogens is 262 g/mol. The lowest BCUT2D eigenvalue weighted by atomic mass is 9.89. The van der Waals surface area contributed by atoms with Crippen molar-refractivity contribution in [2.75, 3.05) is 5.32 Å². The van der Waals surface area contributed by atoms with Crippen LogP contribution < -0.4 is 10.1 Å². The highest BCUT2D eigenvalue weighted by Gasteiger charge is 2.33. The predicted molar refractivity (Wildman–Crippen MR) is 85.0 cm³/mol. The fraction of sp³-hybridized carbons (Fsp3) is 0.333. The molecule has 0 saturated heterocycles.